The molecule has 2 nitrogen and oxygen atoms in total. The number of hydrogen-bond acceptors (Lipinski definition) is 2. The number of nitrogens with zero attached hydrogens (tertiary/aromatic N) is 1. The molecule has 0 bridgehead atoms. The number of anilines is 1. The van der Waals surface area contributed by atoms with Crippen molar-refractivity contribution >= 4 is 5.69 Å². The molecule has 1 aliphatic heterocycles. The van der Waals surface area contributed by atoms with Crippen LogP contribution in [0.2, 0.25) is 0 Å². The number of benzene rings is 2. The van der Waals surface area contributed by atoms with Gasteiger partial charge >= 0.3 is 0 Å². The van der Waals surface area contributed by atoms with Crippen molar-refractivity contribution in [3.8, 4) is 0 Å². The number of ether oxygens (including phenoxy) is 1. The minimum Gasteiger partial charge on any atom is -0.379 e. The molecular formula is C18H19F2NO. The van der Waals surface area contributed by atoms with Gasteiger partial charge in [0.25, 0.3) is 0 Å². The Balaban J connectivity index is 1.98. The molecule has 0 aliphatic carbocycles. The minimum absolute atomic E-state index is 0.00445. The van der Waals surface area contributed by atoms with Gasteiger partial charge in [0.2, 0.25) is 0 Å². The minimum atomic E-state index is -0.248. The van der Waals surface area contributed by atoms with Crippen LogP contribution in [-0.4, -0.2) is 19.8 Å². The second-order valence-electron chi connectivity index (χ2n) is 5.58. The van der Waals surface area contributed by atoms with Crippen LogP contribution < -0.4 is 4.90 Å². The predicted molar refractivity (Wildman–Crippen MR) is 82.9 cm³/mol. The molecule has 22 heavy (non-hydrogen) atoms. The zero-order valence-electron chi connectivity index (χ0n) is 12.5. The van der Waals surface area contributed by atoms with E-state index in [0.29, 0.717) is 0 Å². The van der Waals surface area contributed by atoms with Crippen molar-refractivity contribution in [1.29, 1.82) is 0 Å². The van der Waals surface area contributed by atoms with Crippen molar-refractivity contribution in [3.63, 3.8) is 0 Å². The van der Waals surface area contributed by atoms with Gasteiger partial charge in [-0.3, -0.25) is 0 Å². The summed E-state index contributed by atoms with van der Waals surface area (Å²) in [6.07, 6.45) is 1.99. The summed E-state index contributed by atoms with van der Waals surface area (Å²) in [5.74, 6) is -0.496. The lowest BCUT2D eigenvalue weighted by atomic mass is 9.91. The quantitative estimate of drug-likeness (QED) is 0.837. The van der Waals surface area contributed by atoms with Crippen molar-refractivity contribution in [2.75, 3.05) is 18.6 Å². The molecule has 1 heterocycles. The van der Waals surface area contributed by atoms with Gasteiger partial charge in [0, 0.05) is 19.3 Å². The van der Waals surface area contributed by atoms with Crippen LogP contribution in [0.15, 0.2) is 48.5 Å². The topological polar surface area (TPSA) is 12.5 Å². The Labute approximate surface area is 129 Å². The van der Waals surface area contributed by atoms with Gasteiger partial charge in [0.05, 0.1) is 12.1 Å². The first-order valence-corrected chi connectivity index (χ1v) is 7.49. The Morgan fingerprint density at radius 1 is 0.955 bits per heavy atom. The predicted octanol–water partition coefficient (Wildman–Crippen LogP) is 4.32. The highest BCUT2D eigenvalue weighted by atomic mass is 19.1. The lowest BCUT2D eigenvalue weighted by Crippen LogP contribution is -2.42. The van der Waals surface area contributed by atoms with E-state index in [1.54, 1.807) is 31.4 Å². The fraction of sp³-hybridized carbons (Fsp3) is 0.333. The number of halogens is 2. The second-order valence-corrected chi connectivity index (χ2v) is 5.58. The van der Waals surface area contributed by atoms with E-state index in [2.05, 4.69) is 4.90 Å². The Morgan fingerprint density at radius 3 is 2.14 bits per heavy atom. The van der Waals surface area contributed by atoms with Crippen LogP contribution in [0.4, 0.5) is 14.5 Å². The van der Waals surface area contributed by atoms with Gasteiger partial charge < -0.3 is 9.64 Å². The van der Waals surface area contributed by atoms with Gasteiger partial charge in [0.15, 0.2) is 0 Å². The molecule has 0 spiro atoms. The molecule has 116 valence electrons. The van der Waals surface area contributed by atoms with E-state index in [-0.39, 0.29) is 23.8 Å². The molecule has 1 unspecified atom stereocenters. The van der Waals surface area contributed by atoms with Gasteiger partial charge in [0.1, 0.15) is 11.6 Å². The zero-order chi connectivity index (χ0) is 15.5. The van der Waals surface area contributed by atoms with E-state index in [1.165, 1.54) is 24.3 Å². The standard InChI is InChI=1S/C18H19F2NO/c1-22-17-3-2-12-21(16-10-8-15(20)9-11-16)18(17)13-4-6-14(19)7-5-13/h4-11,17-18H,2-3,12H2,1H3/t17-,18?/m1/s1. The van der Waals surface area contributed by atoms with E-state index in [4.69, 9.17) is 4.74 Å². The van der Waals surface area contributed by atoms with Crippen LogP contribution in [0.5, 0.6) is 0 Å². The number of methoxy groups -OCH3 is 1. The summed E-state index contributed by atoms with van der Waals surface area (Å²) < 4.78 is 32.0. The van der Waals surface area contributed by atoms with Gasteiger partial charge in [-0.25, -0.2) is 8.78 Å². The van der Waals surface area contributed by atoms with Crippen molar-refractivity contribution in [2.24, 2.45) is 0 Å². The smallest absolute Gasteiger partial charge is 0.123 e. The fourth-order valence-electron chi connectivity index (χ4n) is 3.18. The molecule has 1 fully saturated rings. The highest BCUT2D eigenvalue weighted by Crippen LogP contribution is 2.36. The van der Waals surface area contributed by atoms with Crippen LogP contribution in [0.25, 0.3) is 0 Å². The Hall–Kier alpha value is -1.94. The Morgan fingerprint density at radius 2 is 1.55 bits per heavy atom. The largest absolute Gasteiger partial charge is 0.379 e. The summed E-state index contributed by atoms with van der Waals surface area (Å²) in [5, 5.41) is 0. The lowest BCUT2D eigenvalue weighted by molar-refractivity contribution is 0.0572. The van der Waals surface area contributed by atoms with Crippen LogP contribution in [-0.2, 0) is 4.74 Å². The highest BCUT2D eigenvalue weighted by molar-refractivity contribution is 5.50. The molecule has 1 saturated heterocycles. The molecular weight excluding hydrogens is 284 g/mol. The van der Waals surface area contributed by atoms with Gasteiger partial charge in [-0.15, -0.1) is 0 Å². The maximum atomic E-state index is 13.2. The first-order chi connectivity index (χ1) is 10.7. The lowest BCUT2D eigenvalue weighted by Gasteiger charge is -2.42. The number of hydrogen-bond donors (Lipinski definition) is 0. The molecule has 3 rings (SSSR count). The van der Waals surface area contributed by atoms with Crippen molar-refractivity contribution in [3.05, 3.63) is 65.7 Å². The van der Waals surface area contributed by atoms with Crippen molar-refractivity contribution < 1.29 is 13.5 Å². The van der Waals surface area contributed by atoms with E-state index in [1.807, 2.05) is 0 Å². The Kier molecular flexibility index (Phi) is 4.39. The molecule has 2 atom stereocenters. The maximum absolute atomic E-state index is 13.2. The Bertz CT molecular complexity index is 612. The molecule has 0 radical (unpaired) electrons. The van der Waals surface area contributed by atoms with E-state index < -0.39 is 0 Å². The molecule has 2 aromatic carbocycles. The molecule has 0 saturated carbocycles. The van der Waals surface area contributed by atoms with Crippen molar-refractivity contribution in [2.45, 2.75) is 25.0 Å². The van der Waals surface area contributed by atoms with Crippen LogP contribution in [0.1, 0.15) is 24.4 Å². The molecule has 0 amide bonds. The summed E-state index contributed by atoms with van der Waals surface area (Å²) in [4.78, 5) is 2.21. The highest BCUT2D eigenvalue weighted by Gasteiger charge is 2.33. The van der Waals surface area contributed by atoms with Gasteiger partial charge in [-0.2, -0.15) is 0 Å². The van der Waals surface area contributed by atoms with Crippen LogP contribution in [0.3, 0.4) is 0 Å². The summed E-state index contributed by atoms with van der Waals surface area (Å²) in [7, 11) is 1.70. The summed E-state index contributed by atoms with van der Waals surface area (Å²) in [6, 6.07) is 13.0. The first-order valence-electron chi connectivity index (χ1n) is 7.49. The first kappa shape index (κ1) is 15.0. The van der Waals surface area contributed by atoms with Gasteiger partial charge in [-0.1, -0.05) is 12.1 Å². The maximum Gasteiger partial charge on any atom is 0.123 e. The monoisotopic (exact) mass is 303 g/mol. The fourth-order valence-corrected chi connectivity index (χ4v) is 3.18. The van der Waals surface area contributed by atoms with Gasteiger partial charge in [-0.05, 0) is 54.8 Å². The molecule has 2 aromatic rings. The third-order valence-electron chi connectivity index (χ3n) is 4.25. The summed E-state index contributed by atoms with van der Waals surface area (Å²) >= 11 is 0. The second kappa shape index (κ2) is 6.44. The molecule has 0 aromatic heterocycles. The third kappa shape index (κ3) is 2.97. The van der Waals surface area contributed by atoms with E-state index >= 15 is 0 Å². The summed E-state index contributed by atoms with van der Waals surface area (Å²) in [5.41, 5.74) is 1.97. The number of piperidine rings is 1. The SMILES string of the molecule is CO[C@@H]1CCCN(c2ccc(F)cc2)C1c1ccc(F)cc1. The van der Waals surface area contributed by atoms with Crippen LogP contribution in [0, 0.1) is 11.6 Å². The molecule has 0 N–H and O–H groups in total. The number of rotatable bonds is 3. The molecule has 1 aliphatic rings. The summed E-state index contributed by atoms with van der Waals surface area (Å²) in [6.45, 7) is 0.869. The average molecular weight is 303 g/mol. The normalized spacial score (nSPS) is 21.9. The third-order valence-corrected chi connectivity index (χ3v) is 4.25. The molecule has 4 heteroatoms. The van der Waals surface area contributed by atoms with E-state index in [0.717, 1.165) is 30.6 Å². The van der Waals surface area contributed by atoms with Crippen LogP contribution >= 0.6 is 0 Å². The van der Waals surface area contributed by atoms with Crippen molar-refractivity contribution in [1.82, 2.24) is 0 Å². The van der Waals surface area contributed by atoms with E-state index in [9.17, 15) is 8.78 Å². The average Bonchev–Trinajstić information content (AvgIpc) is 2.56. The zero-order valence-corrected chi connectivity index (χ0v) is 12.5.